The van der Waals surface area contributed by atoms with Crippen molar-refractivity contribution >= 4 is 21.6 Å². The molecule has 0 aliphatic heterocycles. The maximum absolute atomic E-state index is 13.9. The monoisotopic (exact) mass is 528 g/mol. The number of nitrogens with one attached hydrogen (secondary N) is 1. The minimum atomic E-state index is -4.10. The number of rotatable bonds is 9. The van der Waals surface area contributed by atoms with Crippen LogP contribution in [0.1, 0.15) is 33.9 Å². The molecule has 1 amide bonds. The number of hydrogen-bond donors (Lipinski definition) is 1. The Morgan fingerprint density at radius 1 is 0.842 bits per heavy atom. The maximum Gasteiger partial charge on any atom is 0.264 e. The predicted molar refractivity (Wildman–Crippen MR) is 151 cm³/mol. The van der Waals surface area contributed by atoms with Gasteiger partial charge in [0.2, 0.25) is 5.91 Å². The first kappa shape index (κ1) is 26.9. The summed E-state index contributed by atoms with van der Waals surface area (Å²) in [6.45, 7) is 5.32. The van der Waals surface area contributed by atoms with E-state index in [0.717, 1.165) is 32.1 Å². The van der Waals surface area contributed by atoms with Crippen molar-refractivity contribution in [1.82, 2.24) is 5.32 Å². The van der Waals surface area contributed by atoms with Gasteiger partial charge < -0.3 is 10.1 Å². The molecular formula is C31H32N2O4S. The van der Waals surface area contributed by atoms with Crippen molar-refractivity contribution in [2.75, 3.05) is 18.0 Å². The molecule has 0 spiro atoms. The number of ether oxygens (including phenoxy) is 1. The molecule has 0 aliphatic rings. The van der Waals surface area contributed by atoms with E-state index in [1.54, 1.807) is 36.4 Å². The molecule has 4 rings (SSSR count). The first-order valence-corrected chi connectivity index (χ1v) is 13.8. The van der Waals surface area contributed by atoms with E-state index in [1.165, 1.54) is 7.11 Å². The molecule has 1 unspecified atom stereocenters. The van der Waals surface area contributed by atoms with Crippen molar-refractivity contribution in [3.63, 3.8) is 0 Å². The molecular weight excluding hydrogens is 496 g/mol. The number of nitrogens with zero attached hydrogens (tertiary/aromatic N) is 1. The molecule has 0 heterocycles. The van der Waals surface area contributed by atoms with Gasteiger partial charge in [-0.2, -0.15) is 0 Å². The number of sulfonamides is 1. The zero-order chi connectivity index (χ0) is 27.3. The number of aryl methyl sites for hydroxylation is 3. The summed E-state index contributed by atoms with van der Waals surface area (Å²) < 4.78 is 34.5. The predicted octanol–water partition coefficient (Wildman–Crippen LogP) is 5.72. The summed E-state index contributed by atoms with van der Waals surface area (Å²) in [5, 5.41) is 3.09. The molecule has 4 aromatic rings. The van der Waals surface area contributed by atoms with Crippen molar-refractivity contribution in [1.29, 1.82) is 0 Å². The van der Waals surface area contributed by atoms with E-state index in [-0.39, 0.29) is 4.90 Å². The lowest BCUT2D eigenvalue weighted by atomic mass is 9.95. The first-order chi connectivity index (χ1) is 18.2. The van der Waals surface area contributed by atoms with Crippen LogP contribution in [0.3, 0.4) is 0 Å². The molecule has 0 bridgehead atoms. The summed E-state index contributed by atoms with van der Waals surface area (Å²) in [6.07, 6.45) is 0. The van der Waals surface area contributed by atoms with Crippen molar-refractivity contribution in [2.24, 2.45) is 0 Å². The maximum atomic E-state index is 13.9. The zero-order valence-electron chi connectivity index (χ0n) is 22.0. The lowest BCUT2D eigenvalue weighted by Gasteiger charge is -2.28. The van der Waals surface area contributed by atoms with Crippen molar-refractivity contribution in [3.8, 4) is 5.75 Å². The van der Waals surface area contributed by atoms with Crippen molar-refractivity contribution < 1.29 is 17.9 Å². The van der Waals surface area contributed by atoms with Gasteiger partial charge in [-0.25, -0.2) is 8.42 Å². The third-order valence-electron chi connectivity index (χ3n) is 6.44. The van der Waals surface area contributed by atoms with E-state index in [2.05, 4.69) is 5.32 Å². The normalized spacial score (nSPS) is 12.0. The molecule has 0 aromatic heterocycles. The number of amides is 1. The summed E-state index contributed by atoms with van der Waals surface area (Å²) in [6, 6.07) is 28.9. The highest BCUT2D eigenvalue weighted by atomic mass is 32.2. The molecule has 7 heteroatoms. The molecule has 0 saturated carbocycles. The Morgan fingerprint density at radius 2 is 1.47 bits per heavy atom. The Kier molecular flexibility index (Phi) is 8.17. The standard InChI is InChI=1S/C31H32N2O4S/c1-22-14-17-26(18-15-22)38(35,36)33(28-20-23(2)16-19-29(28)37-4)21-30(34)32-31(25-11-6-5-7-12-25)27-13-9-8-10-24(27)3/h5-20,31H,21H2,1-4H3,(H,32,34). The fourth-order valence-corrected chi connectivity index (χ4v) is 5.79. The van der Waals surface area contributed by atoms with Crippen LogP contribution in [0.5, 0.6) is 5.75 Å². The Hall–Kier alpha value is -4.10. The first-order valence-electron chi connectivity index (χ1n) is 12.3. The van der Waals surface area contributed by atoms with Crippen LogP contribution in [-0.4, -0.2) is 28.0 Å². The van der Waals surface area contributed by atoms with Crippen LogP contribution in [0.2, 0.25) is 0 Å². The molecule has 38 heavy (non-hydrogen) atoms. The van der Waals surface area contributed by atoms with Gasteiger partial charge in [0.1, 0.15) is 12.3 Å². The van der Waals surface area contributed by atoms with Crippen LogP contribution in [0.25, 0.3) is 0 Å². The second kappa shape index (κ2) is 11.5. The highest BCUT2D eigenvalue weighted by molar-refractivity contribution is 7.92. The summed E-state index contributed by atoms with van der Waals surface area (Å²) in [4.78, 5) is 13.7. The number of benzene rings is 4. The third kappa shape index (κ3) is 5.89. The number of hydrogen-bond acceptors (Lipinski definition) is 4. The van der Waals surface area contributed by atoms with Crippen LogP contribution < -0.4 is 14.4 Å². The van der Waals surface area contributed by atoms with Gasteiger partial charge in [-0.05, 0) is 67.3 Å². The van der Waals surface area contributed by atoms with Crippen LogP contribution >= 0.6 is 0 Å². The van der Waals surface area contributed by atoms with Gasteiger partial charge >= 0.3 is 0 Å². The van der Waals surface area contributed by atoms with E-state index in [9.17, 15) is 13.2 Å². The summed E-state index contributed by atoms with van der Waals surface area (Å²) in [5.41, 5.74) is 4.93. The summed E-state index contributed by atoms with van der Waals surface area (Å²) in [7, 11) is -2.62. The average Bonchev–Trinajstić information content (AvgIpc) is 2.91. The van der Waals surface area contributed by atoms with Gasteiger partial charge in [0, 0.05) is 0 Å². The molecule has 196 valence electrons. The Balaban J connectivity index is 1.75. The van der Waals surface area contributed by atoms with E-state index in [0.29, 0.717) is 11.4 Å². The van der Waals surface area contributed by atoms with Gasteiger partial charge in [0.05, 0.1) is 23.7 Å². The van der Waals surface area contributed by atoms with Gasteiger partial charge in [0.25, 0.3) is 10.0 Å². The van der Waals surface area contributed by atoms with Gasteiger partial charge in [-0.3, -0.25) is 9.10 Å². The van der Waals surface area contributed by atoms with E-state index in [4.69, 9.17) is 4.74 Å². The molecule has 4 aromatic carbocycles. The number of carbonyl (C=O) groups excluding carboxylic acids is 1. The van der Waals surface area contributed by atoms with Gasteiger partial charge in [-0.15, -0.1) is 0 Å². The zero-order valence-corrected chi connectivity index (χ0v) is 22.8. The second-order valence-corrected chi connectivity index (χ2v) is 11.1. The molecule has 6 nitrogen and oxygen atoms in total. The molecule has 0 aliphatic carbocycles. The number of carbonyl (C=O) groups is 1. The largest absolute Gasteiger partial charge is 0.495 e. The summed E-state index contributed by atoms with van der Waals surface area (Å²) >= 11 is 0. The van der Waals surface area contributed by atoms with Crippen LogP contribution in [0.15, 0.2) is 102 Å². The lowest BCUT2D eigenvalue weighted by molar-refractivity contribution is -0.120. The molecule has 0 radical (unpaired) electrons. The quantitative estimate of drug-likeness (QED) is 0.301. The fraction of sp³-hybridized carbons (Fsp3) is 0.194. The fourth-order valence-electron chi connectivity index (χ4n) is 4.37. The third-order valence-corrected chi connectivity index (χ3v) is 8.21. The number of anilines is 1. The molecule has 0 fully saturated rings. The Bertz CT molecular complexity index is 1520. The van der Waals surface area contributed by atoms with Crippen LogP contribution in [0.4, 0.5) is 5.69 Å². The smallest absolute Gasteiger partial charge is 0.264 e. The average molecular weight is 529 g/mol. The minimum absolute atomic E-state index is 0.0953. The van der Waals surface area contributed by atoms with E-state index >= 15 is 0 Å². The molecule has 1 atom stereocenters. The lowest BCUT2D eigenvalue weighted by Crippen LogP contribution is -2.42. The van der Waals surface area contributed by atoms with Crippen LogP contribution in [-0.2, 0) is 14.8 Å². The topological polar surface area (TPSA) is 75.7 Å². The van der Waals surface area contributed by atoms with Crippen molar-refractivity contribution in [3.05, 3.63) is 125 Å². The van der Waals surface area contributed by atoms with Crippen molar-refractivity contribution in [2.45, 2.75) is 31.7 Å². The summed E-state index contributed by atoms with van der Waals surface area (Å²) in [5.74, 6) is -0.0843. The highest BCUT2D eigenvalue weighted by Gasteiger charge is 2.30. The minimum Gasteiger partial charge on any atom is -0.495 e. The van der Waals surface area contributed by atoms with Crippen LogP contribution in [0, 0.1) is 20.8 Å². The van der Waals surface area contributed by atoms with E-state index in [1.807, 2.05) is 81.4 Å². The second-order valence-electron chi connectivity index (χ2n) is 9.27. The SMILES string of the molecule is COc1ccc(C)cc1N(CC(=O)NC(c1ccccc1)c1ccccc1C)S(=O)(=O)c1ccc(C)cc1. The number of methoxy groups -OCH3 is 1. The highest BCUT2D eigenvalue weighted by Crippen LogP contribution is 2.34. The van der Waals surface area contributed by atoms with Gasteiger partial charge in [-0.1, -0.05) is 78.4 Å². The Morgan fingerprint density at radius 3 is 2.13 bits per heavy atom. The molecule has 0 saturated heterocycles. The molecule has 1 N–H and O–H groups in total. The Labute approximate surface area is 225 Å². The van der Waals surface area contributed by atoms with E-state index < -0.39 is 28.5 Å². The van der Waals surface area contributed by atoms with Gasteiger partial charge in [0.15, 0.2) is 0 Å².